The number of aliphatic imine (C=N–C) groups is 1. The van der Waals surface area contributed by atoms with Crippen molar-refractivity contribution in [2.24, 2.45) is 17.8 Å². The molecular weight excluding hydrogens is 238 g/mol. The van der Waals surface area contributed by atoms with E-state index in [1.807, 2.05) is 11.7 Å². The maximum absolute atomic E-state index is 6.01. The summed E-state index contributed by atoms with van der Waals surface area (Å²) in [5.41, 5.74) is 8.44. The summed E-state index contributed by atoms with van der Waals surface area (Å²) in [7, 11) is 1.97. The van der Waals surface area contributed by atoms with Crippen LogP contribution in [0.25, 0.3) is 0 Å². The van der Waals surface area contributed by atoms with Crippen molar-refractivity contribution < 1.29 is 0 Å². The Morgan fingerprint density at radius 3 is 2.68 bits per heavy atom. The van der Waals surface area contributed by atoms with E-state index in [0.717, 1.165) is 25.2 Å². The first-order valence-corrected chi connectivity index (χ1v) is 6.95. The van der Waals surface area contributed by atoms with Crippen molar-refractivity contribution in [3.63, 3.8) is 0 Å². The second-order valence-electron chi connectivity index (χ2n) is 6.26. The van der Waals surface area contributed by atoms with E-state index < -0.39 is 0 Å². The van der Waals surface area contributed by atoms with Gasteiger partial charge in [0.1, 0.15) is 0 Å². The Balaban J connectivity index is 2.37. The summed E-state index contributed by atoms with van der Waals surface area (Å²) in [4.78, 5) is 6.61. The lowest BCUT2D eigenvalue weighted by Gasteiger charge is -2.28. The topological polar surface area (TPSA) is 59.4 Å². The van der Waals surface area contributed by atoms with E-state index in [2.05, 4.69) is 48.9 Å². The molecule has 5 heteroatoms. The number of guanidine groups is 1. The quantitative estimate of drug-likeness (QED) is 0.904. The first kappa shape index (κ1) is 13.9. The standard InChI is InChI=1S/C14H25N5/c1-6-7-19-11(8-16-13(19)15)10-9-18(5)17-12(10)14(2,3)4/h9,11H,6-8H2,1-5H3,(H2,15,16). The molecule has 0 fully saturated rings. The van der Waals surface area contributed by atoms with Gasteiger partial charge < -0.3 is 10.6 Å². The van der Waals surface area contributed by atoms with Gasteiger partial charge in [-0.05, 0) is 6.42 Å². The predicted molar refractivity (Wildman–Crippen MR) is 78.1 cm³/mol. The molecular formula is C14H25N5. The molecule has 106 valence electrons. The number of hydrogen-bond acceptors (Lipinski definition) is 4. The smallest absolute Gasteiger partial charge is 0.191 e. The third-order valence-corrected chi connectivity index (χ3v) is 3.49. The molecule has 1 aromatic rings. The SMILES string of the molecule is CCCN1C(N)=NCC1c1cn(C)nc1C(C)(C)C. The number of aromatic nitrogens is 2. The molecule has 0 radical (unpaired) electrons. The number of rotatable bonds is 3. The fraction of sp³-hybridized carbons (Fsp3) is 0.714. The average Bonchev–Trinajstić information content (AvgIpc) is 2.84. The van der Waals surface area contributed by atoms with Crippen LogP contribution >= 0.6 is 0 Å². The summed E-state index contributed by atoms with van der Waals surface area (Å²) in [6.45, 7) is 10.4. The average molecular weight is 263 g/mol. The monoisotopic (exact) mass is 263 g/mol. The molecule has 1 aliphatic heterocycles. The Kier molecular flexibility index (Phi) is 3.56. The Labute approximate surface area is 115 Å². The predicted octanol–water partition coefficient (Wildman–Crippen LogP) is 1.80. The van der Waals surface area contributed by atoms with Gasteiger partial charge >= 0.3 is 0 Å². The molecule has 0 aromatic carbocycles. The van der Waals surface area contributed by atoms with E-state index in [1.54, 1.807) is 0 Å². The second kappa shape index (κ2) is 4.87. The molecule has 19 heavy (non-hydrogen) atoms. The summed E-state index contributed by atoms with van der Waals surface area (Å²) >= 11 is 0. The van der Waals surface area contributed by atoms with Crippen LogP contribution in [-0.2, 0) is 12.5 Å². The summed E-state index contributed by atoms with van der Waals surface area (Å²) in [5.74, 6) is 0.663. The first-order chi connectivity index (χ1) is 8.84. The zero-order chi connectivity index (χ0) is 14.2. The van der Waals surface area contributed by atoms with Crippen molar-refractivity contribution in [2.45, 2.75) is 45.6 Å². The highest BCUT2D eigenvalue weighted by Crippen LogP contribution is 2.33. The van der Waals surface area contributed by atoms with Crippen LogP contribution in [0.4, 0.5) is 0 Å². The van der Waals surface area contributed by atoms with E-state index in [1.165, 1.54) is 5.56 Å². The van der Waals surface area contributed by atoms with Crippen molar-refractivity contribution in [1.82, 2.24) is 14.7 Å². The lowest BCUT2D eigenvalue weighted by atomic mass is 9.87. The lowest BCUT2D eigenvalue weighted by molar-refractivity contribution is 0.342. The highest BCUT2D eigenvalue weighted by atomic mass is 15.3. The summed E-state index contributed by atoms with van der Waals surface area (Å²) in [6, 6.07) is 0.239. The Hall–Kier alpha value is -1.52. The van der Waals surface area contributed by atoms with Gasteiger partial charge in [-0.3, -0.25) is 9.67 Å². The third kappa shape index (κ3) is 2.60. The van der Waals surface area contributed by atoms with E-state index in [0.29, 0.717) is 5.96 Å². The van der Waals surface area contributed by atoms with Crippen LogP contribution in [0.3, 0.4) is 0 Å². The Bertz CT molecular complexity index is 481. The molecule has 2 N–H and O–H groups in total. The number of nitrogens with zero attached hydrogens (tertiary/aromatic N) is 4. The number of hydrogen-bond donors (Lipinski definition) is 1. The zero-order valence-corrected chi connectivity index (χ0v) is 12.6. The maximum atomic E-state index is 6.01. The van der Waals surface area contributed by atoms with E-state index in [4.69, 9.17) is 5.73 Å². The molecule has 0 spiro atoms. The minimum absolute atomic E-state index is 0.0336. The molecule has 1 atom stereocenters. The van der Waals surface area contributed by atoms with E-state index >= 15 is 0 Å². The maximum Gasteiger partial charge on any atom is 0.191 e. The van der Waals surface area contributed by atoms with Crippen molar-refractivity contribution in [3.05, 3.63) is 17.5 Å². The minimum atomic E-state index is 0.0336. The van der Waals surface area contributed by atoms with E-state index in [-0.39, 0.29) is 11.5 Å². The molecule has 1 aromatic heterocycles. The van der Waals surface area contributed by atoms with Crippen molar-refractivity contribution in [2.75, 3.05) is 13.1 Å². The molecule has 1 aliphatic rings. The van der Waals surface area contributed by atoms with Gasteiger partial charge in [0.05, 0.1) is 18.3 Å². The van der Waals surface area contributed by atoms with Crippen molar-refractivity contribution in [3.8, 4) is 0 Å². The van der Waals surface area contributed by atoms with Gasteiger partial charge in [0.25, 0.3) is 0 Å². The van der Waals surface area contributed by atoms with Gasteiger partial charge in [-0.2, -0.15) is 5.10 Å². The molecule has 0 saturated heterocycles. The Morgan fingerprint density at radius 1 is 1.42 bits per heavy atom. The molecule has 0 amide bonds. The van der Waals surface area contributed by atoms with Crippen LogP contribution in [0.1, 0.15) is 51.4 Å². The molecule has 0 saturated carbocycles. The highest BCUT2D eigenvalue weighted by Gasteiger charge is 2.33. The first-order valence-electron chi connectivity index (χ1n) is 6.95. The van der Waals surface area contributed by atoms with Gasteiger partial charge in [0, 0.05) is 30.8 Å². The summed E-state index contributed by atoms with van der Waals surface area (Å²) < 4.78 is 1.90. The second-order valence-corrected chi connectivity index (χ2v) is 6.26. The minimum Gasteiger partial charge on any atom is -0.370 e. The lowest BCUT2D eigenvalue weighted by Crippen LogP contribution is -2.37. The van der Waals surface area contributed by atoms with Crippen LogP contribution < -0.4 is 5.73 Å². The fourth-order valence-electron chi connectivity index (χ4n) is 2.64. The van der Waals surface area contributed by atoms with Gasteiger partial charge in [-0.15, -0.1) is 0 Å². The molecule has 2 rings (SSSR count). The molecule has 2 heterocycles. The molecule has 0 aliphatic carbocycles. The largest absolute Gasteiger partial charge is 0.370 e. The van der Waals surface area contributed by atoms with Crippen LogP contribution in [0.2, 0.25) is 0 Å². The summed E-state index contributed by atoms with van der Waals surface area (Å²) in [6.07, 6.45) is 3.18. The van der Waals surface area contributed by atoms with Crippen LogP contribution in [0.5, 0.6) is 0 Å². The van der Waals surface area contributed by atoms with Crippen LogP contribution in [0.15, 0.2) is 11.2 Å². The number of nitrogens with two attached hydrogens (primary N) is 1. The zero-order valence-electron chi connectivity index (χ0n) is 12.6. The van der Waals surface area contributed by atoms with Crippen molar-refractivity contribution >= 4 is 5.96 Å². The number of aryl methyl sites for hydroxylation is 1. The third-order valence-electron chi connectivity index (χ3n) is 3.49. The van der Waals surface area contributed by atoms with Gasteiger partial charge in [0.2, 0.25) is 0 Å². The van der Waals surface area contributed by atoms with Gasteiger partial charge in [0.15, 0.2) is 5.96 Å². The molecule has 0 bridgehead atoms. The summed E-state index contributed by atoms with van der Waals surface area (Å²) in [5, 5.41) is 4.64. The van der Waals surface area contributed by atoms with Crippen molar-refractivity contribution in [1.29, 1.82) is 0 Å². The Morgan fingerprint density at radius 2 is 2.11 bits per heavy atom. The van der Waals surface area contributed by atoms with Gasteiger partial charge in [-0.25, -0.2) is 0 Å². The van der Waals surface area contributed by atoms with Crippen LogP contribution in [0, 0.1) is 0 Å². The van der Waals surface area contributed by atoms with E-state index in [9.17, 15) is 0 Å². The highest BCUT2D eigenvalue weighted by molar-refractivity contribution is 5.80. The van der Waals surface area contributed by atoms with Gasteiger partial charge in [-0.1, -0.05) is 27.7 Å². The fourth-order valence-corrected chi connectivity index (χ4v) is 2.64. The molecule has 1 unspecified atom stereocenters. The normalized spacial score (nSPS) is 19.9. The molecule has 5 nitrogen and oxygen atoms in total. The van der Waals surface area contributed by atoms with Crippen LogP contribution in [-0.4, -0.2) is 33.7 Å².